The fourth-order valence-electron chi connectivity index (χ4n) is 6.89. The molecule has 5 atom stereocenters. The van der Waals surface area contributed by atoms with Crippen LogP contribution in [0.25, 0.3) is 22.4 Å². The number of methoxy groups -OCH3 is 1. The summed E-state index contributed by atoms with van der Waals surface area (Å²) >= 11 is 1.19. The van der Waals surface area contributed by atoms with E-state index < -0.39 is 53.2 Å². The predicted octanol–water partition coefficient (Wildman–Crippen LogP) is 4.53. The van der Waals surface area contributed by atoms with E-state index in [0.717, 1.165) is 19.3 Å². The van der Waals surface area contributed by atoms with Gasteiger partial charge in [0.1, 0.15) is 40.8 Å². The fraction of sp³-hybridized carbons (Fsp3) is 0.526. The van der Waals surface area contributed by atoms with Gasteiger partial charge in [0, 0.05) is 23.8 Å². The molecule has 4 amide bonds. The summed E-state index contributed by atoms with van der Waals surface area (Å²) in [5, 5.41) is 10.3. The molecule has 0 radical (unpaired) electrons. The fourth-order valence-corrected chi connectivity index (χ4v) is 7.55. The smallest absolute Gasteiger partial charge is 0.408 e. The van der Waals surface area contributed by atoms with Crippen LogP contribution in [0.4, 0.5) is 9.93 Å². The van der Waals surface area contributed by atoms with Crippen LogP contribution in [-0.2, 0) is 28.7 Å². The first-order chi connectivity index (χ1) is 26.3. The largest absolute Gasteiger partial charge is 0.497 e. The zero-order valence-corrected chi connectivity index (χ0v) is 32.4. The van der Waals surface area contributed by atoms with Gasteiger partial charge < -0.3 is 39.8 Å². The number of amides is 4. The number of hydrogen-bond donors (Lipinski definition) is 3. The number of aromatic nitrogens is 3. The number of carbonyl (C=O) groups is 5. The first-order valence-electron chi connectivity index (χ1n) is 18.5. The van der Waals surface area contributed by atoms with Crippen molar-refractivity contribution in [1.29, 1.82) is 0 Å². The molecule has 55 heavy (non-hydrogen) atoms. The van der Waals surface area contributed by atoms with Gasteiger partial charge in [0.15, 0.2) is 10.8 Å². The normalized spacial score (nSPS) is 24.9. The molecule has 0 unspecified atom stereocenters. The van der Waals surface area contributed by atoms with Gasteiger partial charge in [0.25, 0.3) is 0 Å². The van der Waals surface area contributed by atoms with Gasteiger partial charge in [-0.1, -0.05) is 25.0 Å². The minimum atomic E-state index is -1.26. The summed E-state index contributed by atoms with van der Waals surface area (Å²) in [6.45, 7) is 7.00. The Labute approximate surface area is 322 Å². The molecule has 3 aliphatic rings. The van der Waals surface area contributed by atoms with Crippen molar-refractivity contribution >= 4 is 57.8 Å². The lowest BCUT2D eigenvalue weighted by atomic mass is 10.0. The Hall–Kier alpha value is -5.32. The summed E-state index contributed by atoms with van der Waals surface area (Å²) in [6, 6.07) is 3.12. The zero-order chi connectivity index (χ0) is 39.3. The molecule has 0 spiro atoms. The minimum absolute atomic E-state index is 0.0302. The molecule has 4 heterocycles. The lowest BCUT2D eigenvalue weighted by Gasteiger charge is -2.30. The number of carbonyl (C=O) groups excluding carboxylic acids is 5. The average molecular weight is 778 g/mol. The van der Waals surface area contributed by atoms with Crippen LogP contribution in [0.1, 0.15) is 72.6 Å². The summed E-state index contributed by atoms with van der Waals surface area (Å²) < 4.78 is 22.9. The Morgan fingerprint density at radius 1 is 1.13 bits per heavy atom. The number of rotatable bonds is 9. The van der Waals surface area contributed by atoms with E-state index in [2.05, 4.69) is 20.9 Å². The predicted molar refractivity (Wildman–Crippen MR) is 202 cm³/mol. The summed E-state index contributed by atoms with van der Waals surface area (Å²) in [6.07, 6.45) is 6.70. The second-order valence-electron chi connectivity index (χ2n) is 14.8. The summed E-state index contributed by atoms with van der Waals surface area (Å²) in [7, 11) is 1.54. The molecule has 16 nitrogen and oxygen atoms in total. The first kappa shape index (κ1) is 39.4. The highest BCUT2D eigenvalue weighted by Crippen LogP contribution is 2.46. The second-order valence-corrected chi connectivity index (χ2v) is 15.6. The molecule has 6 rings (SSSR count). The molecule has 1 aliphatic carbocycles. The topological polar surface area (TPSA) is 200 Å². The molecular formula is C38H47N7O9S. The Bertz CT molecular complexity index is 1960. The number of nitrogens with one attached hydrogen (secondary N) is 3. The molecule has 2 fully saturated rings. The summed E-state index contributed by atoms with van der Waals surface area (Å²) in [5.74, 6) is -1.19. The Balaban J connectivity index is 1.36. The van der Waals surface area contributed by atoms with E-state index in [1.165, 1.54) is 23.3 Å². The maximum atomic E-state index is 14.5. The van der Waals surface area contributed by atoms with E-state index in [0.29, 0.717) is 53.3 Å². The summed E-state index contributed by atoms with van der Waals surface area (Å²) in [4.78, 5) is 81.9. The van der Waals surface area contributed by atoms with Crippen LogP contribution in [0, 0.1) is 5.92 Å². The first-order valence-corrected chi connectivity index (χ1v) is 19.4. The van der Waals surface area contributed by atoms with E-state index in [9.17, 15) is 24.0 Å². The molecule has 1 saturated heterocycles. The Morgan fingerprint density at radius 2 is 1.95 bits per heavy atom. The molecule has 2 aromatic heterocycles. The molecular weight excluding hydrogens is 731 g/mol. The quantitative estimate of drug-likeness (QED) is 0.156. The Morgan fingerprint density at radius 3 is 2.69 bits per heavy atom. The van der Waals surface area contributed by atoms with Crippen LogP contribution >= 0.6 is 11.3 Å². The minimum Gasteiger partial charge on any atom is -0.497 e. The van der Waals surface area contributed by atoms with Crippen molar-refractivity contribution in [2.75, 3.05) is 25.6 Å². The van der Waals surface area contributed by atoms with Crippen molar-refractivity contribution < 1.29 is 42.9 Å². The molecule has 1 aromatic carbocycles. The van der Waals surface area contributed by atoms with Gasteiger partial charge in [-0.05, 0) is 65.5 Å². The van der Waals surface area contributed by atoms with Crippen LogP contribution in [0.5, 0.6) is 11.6 Å². The SMILES string of the molecule is CCOC(=O)[C@@]12C[C@@H]1/C=C\CCCCC[C@@H](NC(=O)OC(C)(C)C)C(=O)N1C[C@@H](Oc3nc4cc(OC)ccc4nc3-c3csc(NC=O)n3)C[C@H]1C(=O)N2. The Kier molecular flexibility index (Phi) is 11.9. The van der Waals surface area contributed by atoms with Crippen molar-refractivity contribution in [3.8, 4) is 23.0 Å². The monoisotopic (exact) mass is 777 g/mol. The number of anilines is 1. The van der Waals surface area contributed by atoms with Gasteiger partial charge in [0.05, 0.1) is 31.3 Å². The number of esters is 1. The van der Waals surface area contributed by atoms with E-state index in [-0.39, 0.29) is 37.1 Å². The molecule has 3 aromatic rings. The van der Waals surface area contributed by atoms with Crippen molar-refractivity contribution in [3.63, 3.8) is 0 Å². The number of alkyl carbamates (subject to hydrolysis) is 1. The van der Waals surface area contributed by atoms with Crippen LogP contribution in [0.3, 0.4) is 0 Å². The standard InChI is InChI=1S/C38H47N7O9S/c1-6-52-34(49)38-18-22(38)12-10-8-7-9-11-13-26(43-36(50)54-37(2,3)4)33(48)45-19-24(17-29(45)31(47)44-38)53-32-30(28-20-55-35(42-28)39-21-46)40-25-15-14-23(51-5)16-27(25)41-32/h10,12,14-16,20-22,24,26,29H,6-9,11,13,17-19H2,1-5H3,(H,43,50)(H,44,47)(H,39,42,46)/b12-10-/t22-,24-,26+,29-,38+/m0/s1. The van der Waals surface area contributed by atoms with Crippen molar-refractivity contribution in [3.05, 3.63) is 35.7 Å². The van der Waals surface area contributed by atoms with Crippen LogP contribution in [0.2, 0.25) is 0 Å². The molecule has 294 valence electrons. The highest BCUT2D eigenvalue weighted by molar-refractivity contribution is 7.14. The van der Waals surface area contributed by atoms with Crippen molar-refractivity contribution in [1.82, 2.24) is 30.5 Å². The highest BCUT2D eigenvalue weighted by atomic mass is 32.1. The molecule has 1 saturated carbocycles. The lowest BCUT2D eigenvalue weighted by Crippen LogP contribution is -2.56. The maximum absolute atomic E-state index is 14.5. The lowest BCUT2D eigenvalue weighted by molar-refractivity contribution is -0.150. The number of nitrogens with zero attached hydrogens (tertiary/aromatic N) is 4. The maximum Gasteiger partial charge on any atom is 0.408 e. The number of allylic oxidation sites excluding steroid dienone is 1. The summed E-state index contributed by atoms with van der Waals surface area (Å²) in [5.41, 5.74) is -0.399. The van der Waals surface area contributed by atoms with Crippen LogP contribution in [-0.4, -0.2) is 99.7 Å². The van der Waals surface area contributed by atoms with Crippen LogP contribution in [0.15, 0.2) is 35.7 Å². The van der Waals surface area contributed by atoms with Gasteiger partial charge in [-0.15, -0.1) is 11.3 Å². The van der Waals surface area contributed by atoms with Crippen LogP contribution < -0.4 is 25.4 Å². The van der Waals surface area contributed by atoms with Gasteiger partial charge in [0.2, 0.25) is 24.1 Å². The molecule has 3 N–H and O–H groups in total. The molecule has 17 heteroatoms. The third-order valence-electron chi connectivity index (χ3n) is 9.62. The van der Waals surface area contributed by atoms with E-state index in [4.69, 9.17) is 28.9 Å². The van der Waals surface area contributed by atoms with Gasteiger partial charge in [-0.25, -0.2) is 24.5 Å². The molecule has 2 aliphatic heterocycles. The van der Waals surface area contributed by atoms with E-state index in [1.54, 1.807) is 51.3 Å². The number of ether oxygens (including phenoxy) is 4. The highest BCUT2D eigenvalue weighted by Gasteiger charge is 2.62. The second kappa shape index (κ2) is 16.6. The van der Waals surface area contributed by atoms with E-state index in [1.807, 2.05) is 12.2 Å². The number of hydrogen-bond acceptors (Lipinski definition) is 13. The average Bonchev–Trinajstić information content (AvgIpc) is 3.41. The van der Waals surface area contributed by atoms with Crippen molar-refractivity contribution in [2.45, 2.75) is 102 Å². The van der Waals surface area contributed by atoms with Gasteiger partial charge in [-0.3, -0.25) is 14.4 Å². The number of fused-ring (bicyclic) bond motifs is 3. The van der Waals surface area contributed by atoms with E-state index >= 15 is 0 Å². The molecule has 0 bridgehead atoms. The third kappa shape index (κ3) is 9.15. The number of thiazole rings is 1. The number of benzene rings is 1. The zero-order valence-electron chi connectivity index (χ0n) is 31.6. The van der Waals surface area contributed by atoms with Crippen molar-refractivity contribution in [2.24, 2.45) is 5.92 Å². The van der Waals surface area contributed by atoms with Gasteiger partial charge >= 0.3 is 12.1 Å². The third-order valence-corrected chi connectivity index (χ3v) is 10.4. The van der Waals surface area contributed by atoms with Gasteiger partial charge in [-0.2, -0.15) is 0 Å².